The SMILES string of the molecule is C=Cc1ccc(C2(C3=CC=C(F)CC3)C3=C(CCC=C3)c3ccc(C4C=CC=C(N(c5ccc6c(c5)oc5cc(N(C7=CC=CCC7)C7=CC(C8=CC9C(C=C8)C8=C(C=CCC8)C9(C8=CC=C(F)CC8)c8ccc(C=C)cc8)=CCC7)ccc56)C5C=CC=CC5)C4)cc32)cc1. The van der Waals surface area contributed by atoms with Crippen LogP contribution in [0.2, 0.25) is 0 Å². The molecule has 11 aliphatic rings. The fourth-order valence-electron chi connectivity index (χ4n) is 18.2. The summed E-state index contributed by atoms with van der Waals surface area (Å²) in [7, 11) is 0. The highest BCUT2D eigenvalue weighted by atomic mass is 19.1. The third-order valence-electron chi connectivity index (χ3n) is 22.5. The van der Waals surface area contributed by atoms with Crippen molar-refractivity contribution in [2.45, 2.75) is 113 Å². The van der Waals surface area contributed by atoms with Gasteiger partial charge in [0.25, 0.3) is 0 Å². The molecule has 95 heavy (non-hydrogen) atoms. The molecular weight excluding hydrogens is 1160 g/mol. The number of allylic oxidation sites excluding steroid dienone is 34. The topological polar surface area (TPSA) is 19.6 Å². The summed E-state index contributed by atoms with van der Waals surface area (Å²) in [6.45, 7) is 8.17. The zero-order chi connectivity index (χ0) is 63.8. The van der Waals surface area contributed by atoms with E-state index in [0.29, 0.717) is 25.7 Å². The van der Waals surface area contributed by atoms with Gasteiger partial charge in [-0.2, -0.15) is 0 Å². The Bertz CT molecular complexity index is 4850. The monoisotopic (exact) mass is 1240 g/mol. The van der Waals surface area contributed by atoms with E-state index in [2.05, 4.69) is 254 Å². The van der Waals surface area contributed by atoms with Crippen LogP contribution in [-0.4, -0.2) is 6.04 Å². The maximum Gasteiger partial charge on any atom is 0.137 e. The minimum Gasteiger partial charge on any atom is -0.456 e. The van der Waals surface area contributed by atoms with Gasteiger partial charge in [-0.15, -0.1) is 0 Å². The molecule has 0 N–H and O–H groups in total. The lowest BCUT2D eigenvalue weighted by atomic mass is 9.59. The van der Waals surface area contributed by atoms with Crippen LogP contribution < -0.4 is 9.80 Å². The number of benzene rings is 5. The first kappa shape index (κ1) is 58.9. The number of furan rings is 1. The summed E-state index contributed by atoms with van der Waals surface area (Å²) in [4.78, 5) is 5.07. The fourth-order valence-corrected chi connectivity index (χ4v) is 18.2. The molecule has 17 rings (SSSR count). The van der Waals surface area contributed by atoms with Crippen LogP contribution in [0.15, 0.2) is 328 Å². The second-order valence-corrected chi connectivity index (χ2v) is 27.5. The average Bonchev–Trinajstić information content (AvgIpc) is 1.56. The van der Waals surface area contributed by atoms with Crippen molar-refractivity contribution >= 4 is 51.0 Å². The van der Waals surface area contributed by atoms with Gasteiger partial charge >= 0.3 is 0 Å². The van der Waals surface area contributed by atoms with Gasteiger partial charge in [0.15, 0.2) is 0 Å². The zero-order valence-electron chi connectivity index (χ0n) is 53.9. The molecule has 0 radical (unpaired) electrons. The summed E-state index contributed by atoms with van der Waals surface area (Å²) in [6, 6.07) is 39.0. The first-order valence-corrected chi connectivity index (χ1v) is 34.7. The maximum absolute atomic E-state index is 15.0. The summed E-state index contributed by atoms with van der Waals surface area (Å²) in [6.07, 6.45) is 67.7. The van der Waals surface area contributed by atoms with Gasteiger partial charge in [-0.1, -0.05) is 218 Å². The molecule has 0 saturated heterocycles. The van der Waals surface area contributed by atoms with Crippen LogP contribution in [0.1, 0.15) is 135 Å². The molecule has 468 valence electrons. The van der Waals surface area contributed by atoms with E-state index in [-0.39, 0.29) is 35.4 Å². The minimum atomic E-state index is -0.539. The lowest BCUT2D eigenvalue weighted by molar-refractivity contribution is 0.400. The fraction of sp³-hybridized carbons (Fsp3) is 0.222. The van der Waals surface area contributed by atoms with Crippen LogP contribution in [0.5, 0.6) is 0 Å². The van der Waals surface area contributed by atoms with Crippen molar-refractivity contribution < 1.29 is 13.2 Å². The van der Waals surface area contributed by atoms with E-state index >= 15 is 0 Å². The zero-order valence-corrected chi connectivity index (χ0v) is 53.9. The van der Waals surface area contributed by atoms with Crippen LogP contribution >= 0.6 is 0 Å². The van der Waals surface area contributed by atoms with Gasteiger partial charge in [-0.3, -0.25) is 0 Å². The summed E-state index contributed by atoms with van der Waals surface area (Å²) >= 11 is 0. The lowest BCUT2D eigenvalue weighted by Crippen LogP contribution is -2.38. The minimum absolute atomic E-state index is 0.0445. The molecule has 6 atom stereocenters. The van der Waals surface area contributed by atoms with Crippen molar-refractivity contribution in [2.75, 3.05) is 9.80 Å². The molecule has 1 heterocycles. The molecular formula is C90H78F2N2O. The molecule has 6 unspecified atom stereocenters. The normalized spacial score (nSPS) is 25.6. The van der Waals surface area contributed by atoms with Crippen molar-refractivity contribution in [2.24, 2.45) is 11.8 Å². The highest BCUT2D eigenvalue weighted by Crippen LogP contribution is 2.63. The maximum atomic E-state index is 15.0. The largest absolute Gasteiger partial charge is 0.456 e. The molecule has 0 bridgehead atoms. The van der Waals surface area contributed by atoms with Crippen molar-refractivity contribution in [1.82, 2.24) is 0 Å². The molecule has 11 aliphatic carbocycles. The molecule has 1 aromatic heterocycles. The Kier molecular flexibility index (Phi) is 15.0. The molecule has 0 spiro atoms. The van der Waals surface area contributed by atoms with E-state index in [4.69, 9.17) is 4.42 Å². The Hall–Kier alpha value is -9.84. The Balaban J connectivity index is 0.702. The highest BCUT2D eigenvalue weighted by molar-refractivity contribution is 6.07. The Labute approximate surface area is 558 Å². The smallest absolute Gasteiger partial charge is 0.137 e. The standard InChI is InChI=1S/C90H78F2N2O/c1-3-59-29-35-65(36-30-59)89(67-39-43-69(91)44-40-67)83-27-13-11-25-77(83)79-49-33-63(55-85(79)89)61-17-15-23-73(53-61)93(71-19-7-5-8-20-71)75-47-51-81-82-52-48-76(58-88(82)95-87(81)57-75)94(72-21-9-6-10-22-72)74-24-16-18-62(54-74)64-34-50-80-78-26-12-14-28-84(78)90(86(80)56-64,68-41-45-70(92)46-42-68)66-37-31-60(4-2)32-38-66/h3-9,13-15,17-19,21,23,27-39,41,43,45,47-52,54-58,61,71,80,86H,1-2,10-12,16,20,22,24-26,40,42,44,46,53H2. The van der Waals surface area contributed by atoms with Gasteiger partial charge in [-0.05, 0) is 199 Å². The number of hydrogen-bond donors (Lipinski definition) is 0. The number of fused-ring (bicyclic) bond motifs is 7. The van der Waals surface area contributed by atoms with E-state index < -0.39 is 10.8 Å². The van der Waals surface area contributed by atoms with Crippen molar-refractivity contribution in [1.29, 1.82) is 0 Å². The van der Waals surface area contributed by atoms with Crippen molar-refractivity contribution in [3.63, 3.8) is 0 Å². The molecule has 0 fully saturated rings. The summed E-state index contributed by atoms with van der Waals surface area (Å²) in [5.74, 6) is 0.390. The van der Waals surface area contributed by atoms with Crippen molar-refractivity contribution in [3.8, 4) is 0 Å². The number of nitrogens with zero attached hydrogens (tertiary/aromatic N) is 2. The molecule has 5 heteroatoms. The van der Waals surface area contributed by atoms with Crippen LogP contribution in [0.4, 0.5) is 20.2 Å². The summed E-state index contributed by atoms with van der Waals surface area (Å²) < 4.78 is 37.1. The third-order valence-corrected chi connectivity index (χ3v) is 22.5. The Morgan fingerprint density at radius 1 is 0.537 bits per heavy atom. The summed E-state index contributed by atoms with van der Waals surface area (Å²) in [5.41, 5.74) is 26.0. The van der Waals surface area contributed by atoms with Crippen LogP contribution in [0, 0.1) is 11.8 Å². The van der Waals surface area contributed by atoms with Gasteiger partial charge in [0.1, 0.15) is 22.8 Å². The number of rotatable bonds is 14. The highest BCUT2D eigenvalue weighted by Gasteiger charge is 2.55. The van der Waals surface area contributed by atoms with Crippen LogP contribution in [0.3, 0.4) is 0 Å². The predicted molar refractivity (Wildman–Crippen MR) is 392 cm³/mol. The number of anilines is 2. The van der Waals surface area contributed by atoms with Gasteiger partial charge < -0.3 is 14.2 Å². The first-order valence-electron chi connectivity index (χ1n) is 34.7. The molecule has 3 nitrogen and oxygen atoms in total. The molecule has 0 aliphatic heterocycles. The molecule has 0 saturated carbocycles. The van der Waals surface area contributed by atoms with E-state index in [1.54, 1.807) is 12.2 Å². The van der Waals surface area contributed by atoms with Crippen molar-refractivity contribution in [3.05, 3.63) is 363 Å². The quantitative estimate of drug-likeness (QED) is 0.108. The second kappa shape index (κ2) is 24.2. The van der Waals surface area contributed by atoms with E-state index in [0.717, 1.165) is 109 Å². The Morgan fingerprint density at radius 2 is 1.24 bits per heavy atom. The van der Waals surface area contributed by atoms with E-state index in [1.165, 1.54) is 89.5 Å². The summed E-state index contributed by atoms with van der Waals surface area (Å²) in [5, 5.41) is 2.20. The van der Waals surface area contributed by atoms with Gasteiger partial charge in [-0.25, -0.2) is 8.78 Å². The van der Waals surface area contributed by atoms with E-state index in [1.807, 2.05) is 12.2 Å². The second-order valence-electron chi connectivity index (χ2n) is 27.5. The molecule has 6 aromatic rings. The number of halogens is 2. The molecule has 0 amide bonds. The first-order chi connectivity index (χ1) is 46.8. The van der Waals surface area contributed by atoms with Crippen LogP contribution in [-0.2, 0) is 10.8 Å². The van der Waals surface area contributed by atoms with Gasteiger partial charge in [0, 0.05) is 87.4 Å². The number of hydrogen-bond acceptors (Lipinski definition) is 3. The predicted octanol–water partition coefficient (Wildman–Crippen LogP) is 23.7. The van der Waals surface area contributed by atoms with Crippen LogP contribution in [0.25, 0.3) is 39.7 Å². The lowest BCUT2D eigenvalue weighted by Gasteiger charge is -2.43. The molecule has 5 aromatic carbocycles. The van der Waals surface area contributed by atoms with Gasteiger partial charge in [0.2, 0.25) is 0 Å². The average molecular weight is 1240 g/mol. The third kappa shape index (κ3) is 9.85. The van der Waals surface area contributed by atoms with E-state index in [9.17, 15) is 8.78 Å². The van der Waals surface area contributed by atoms with Gasteiger partial charge in [0.05, 0.1) is 11.5 Å². The Morgan fingerprint density at radius 3 is 1.97 bits per heavy atom.